The maximum Gasteiger partial charge on any atom is 0.315 e. The number of halogens is 1. The van der Waals surface area contributed by atoms with Gasteiger partial charge >= 0.3 is 5.97 Å². The van der Waals surface area contributed by atoms with Crippen LogP contribution in [-0.4, -0.2) is 23.6 Å². The van der Waals surface area contributed by atoms with Crippen molar-refractivity contribution in [2.24, 2.45) is 10.9 Å². The van der Waals surface area contributed by atoms with Crippen LogP contribution in [0.3, 0.4) is 0 Å². The predicted molar refractivity (Wildman–Crippen MR) is 101 cm³/mol. The summed E-state index contributed by atoms with van der Waals surface area (Å²) in [6.45, 7) is 5.52. The molecule has 2 aliphatic rings. The number of Topliss-reactive ketones (excluding diaryl/α,β-unsaturated/α-hetero) is 1. The van der Waals surface area contributed by atoms with Crippen LogP contribution in [0.5, 0.6) is 0 Å². The molecule has 3 rings (SSSR count). The minimum atomic E-state index is -0.558. The van der Waals surface area contributed by atoms with Crippen LogP contribution in [0.2, 0.25) is 0 Å². The Labute approximate surface area is 156 Å². The molecular formula is C20H22BrNO3. The number of benzene rings is 1. The first kappa shape index (κ1) is 18.1. The quantitative estimate of drug-likeness (QED) is 0.693. The van der Waals surface area contributed by atoms with Crippen molar-refractivity contribution < 1.29 is 14.3 Å². The van der Waals surface area contributed by atoms with Gasteiger partial charge in [0.15, 0.2) is 5.78 Å². The normalized spacial score (nSPS) is 23.4. The zero-order valence-electron chi connectivity index (χ0n) is 14.7. The lowest BCUT2D eigenvalue weighted by molar-refractivity contribution is -0.150. The maximum absolute atomic E-state index is 12.8. The zero-order chi connectivity index (χ0) is 18.1. The Bertz CT molecular complexity index is 779. The second-order valence-corrected chi connectivity index (χ2v) is 7.80. The van der Waals surface area contributed by atoms with Gasteiger partial charge in [0.1, 0.15) is 5.92 Å². The molecule has 132 valence electrons. The Morgan fingerprint density at radius 1 is 1.32 bits per heavy atom. The van der Waals surface area contributed by atoms with Crippen LogP contribution in [-0.2, 0) is 14.3 Å². The summed E-state index contributed by atoms with van der Waals surface area (Å²) in [4.78, 5) is 30.1. The molecular weight excluding hydrogens is 382 g/mol. The van der Waals surface area contributed by atoms with E-state index in [1.165, 1.54) is 0 Å². The zero-order valence-corrected chi connectivity index (χ0v) is 16.3. The van der Waals surface area contributed by atoms with Gasteiger partial charge in [0.2, 0.25) is 0 Å². The number of ketones is 1. The van der Waals surface area contributed by atoms with Gasteiger partial charge in [0, 0.05) is 33.8 Å². The Balaban J connectivity index is 2.14. The van der Waals surface area contributed by atoms with E-state index < -0.39 is 5.92 Å². The van der Waals surface area contributed by atoms with E-state index in [1.54, 1.807) is 0 Å². The molecule has 0 saturated carbocycles. The van der Waals surface area contributed by atoms with Crippen molar-refractivity contribution >= 4 is 33.4 Å². The molecule has 1 unspecified atom stereocenters. The van der Waals surface area contributed by atoms with E-state index in [2.05, 4.69) is 20.9 Å². The Hall–Kier alpha value is -1.75. The van der Waals surface area contributed by atoms with Crippen LogP contribution < -0.4 is 0 Å². The summed E-state index contributed by atoms with van der Waals surface area (Å²) in [6, 6.07) is 7.81. The molecule has 2 atom stereocenters. The van der Waals surface area contributed by atoms with Gasteiger partial charge in [0.05, 0.1) is 6.10 Å². The van der Waals surface area contributed by atoms with Crippen LogP contribution in [0.1, 0.15) is 51.5 Å². The highest BCUT2D eigenvalue weighted by Gasteiger charge is 2.43. The molecule has 0 saturated heterocycles. The molecule has 1 aliphatic heterocycles. The number of allylic oxidation sites excluding steroid dienone is 2. The van der Waals surface area contributed by atoms with Crippen molar-refractivity contribution in [1.82, 2.24) is 0 Å². The minimum Gasteiger partial charge on any atom is -0.462 e. The van der Waals surface area contributed by atoms with E-state index in [0.29, 0.717) is 12.0 Å². The summed E-state index contributed by atoms with van der Waals surface area (Å²) in [6.07, 6.45) is 1.92. The highest BCUT2D eigenvalue weighted by Crippen LogP contribution is 2.44. The Morgan fingerprint density at radius 3 is 2.76 bits per heavy atom. The van der Waals surface area contributed by atoms with E-state index in [-0.39, 0.29) is 23.8 Å². The first-order valence-corrected chi connectivity index (χ1v) is 9.45. The van der Waals surface area contributed by atoms with Crippen LogP contribution in [0.4, 0.5) is 0 Å². The van der Waals surface area contributed by atoms with Gasteiger partial charge in [-0.3, -0.25) is 14.6 Å². The van der Waals surface area contributed by atoms with Crippen molar-refractivity contribution in [2.75, 3.05) is 0 Å². The fourth-order valence-corrected chi connectivity index (χ4v) is 4.09. The second kappa shape index (κ2) is 7.24. The summed E-state index contributed by atoms with van der Waals surface area (Å²) in [5.74, 6) is -1.10. The number of ether oxygens (including phenoxy) is 1. The average Bonchev–Trinajstić information content (AvgIpc) is 2.53. The van der Waals surface area contributed by atoms with Gasteiger partial charge in [-0.05, 0) is 51.3 Å². The van der Waals surface area contributed by atoms with Gasteiger partial charge in [-0.1, -0.05) is 28.1 Å². The Morgan fingerprint density at radius 2 is 2.08 bits per heavy atom. The van der Waals surface area contributed by atoms with E-state index >= 15 is 0 Å². The fourth-order valence-electron chi connectivity index (χ4n) is 3.68. The number of rotatable bonds is 3. The largest absolute Gasteiger partial charge is 0.462 e. The number of nitrogens with zero attached hydrogens (tertiary/aromatic N) is 1. The molecule has 4 nitrogen and oxygen atoms in total. The van der Waals surface area contributed by atoms with Gasteiger partial charge in [-0.25, -0.2) is 0 Å². The average molecular weight is 404 g/mol. The third kappa shape index (κ3) is 3.61. The lowest BCUT2D eigenvalue weighted by Gasteiger charge is -2.34. The lowest BCUT2D eigenvalue weighted by Crippen LogP contribution is -2.38. The monoisotopic (exact) mass is 403 g/mol. The van der Waals surface area contributed by atoms with Crippen molar-refractivity contribution in [3.63, 3.8) is 0 Å². The summed E-state index contributed by atoms with van der Waals surface area (Å²) in [7, 11) is 0. The molecule has 0 spiro atoms. The van der Waals surface area contributed by atoms with Crippen LogP contribution >= 0.6 is 15.9 Å². The third-order valence-corrected chi connectivity index (χ3v) is 5.14. The minimum absolute atomic E-state index is 0.102. The first-order valence-electron chi connectivity index (χ1n) is 8.66. The molecule has 0 fully saturated rings. The Kier molecular flexibility index (Phi) is 5.23. The maximum atomic E-state index is 12.8. The molecule has 25 heavy (non-hydrogen) atoms. The van der Waals surface area contributed by atoms with Crippen molar-refractivity contribution in [3.8, 4) is 0 Å². The summed E-state index contributed by atoms with van der Waals surface area (Å²) in [5, 5.41) is 0. The number of aliphatic imine (C=N–C) groups is 1. The predicted octanol–water partition coefficient (Wildman–Crippen LogP) is 4.58. The molecule has 1 aromatic carbocycles. The molecule has 0 radical (unpaired) electrons. The van der Waals surface area contributed by atoms with Gasteiger partial charge in [-0.15, -0.1) is 0 Å². The van der Waals surface area contributed by atoms with Crippen molar-refractivity contribution in [1.29, 1.82) is 0 Å². The third-order valence-electron chi connectivity index (χ3n) is 4.65. The molecule has 0 bridgehead atoms. The van der Waals surface area contributed by atoms with E-state index in [4.69, 9.17) is 4.74 Å². The highest BCUT2D eigenvalue weighted by molar-refractivity contribution is 9.10. The van der Waals surface area contributed by atoms with E-state index in [9.17, 15) is 9.59 Å². The number of esters is 1. The second-order valence-electron chi connectivity index (χ2n) is 6.89. The summed E-state index contributed by atoms with van der Waals surface area (Å²) < 4.78 is 6.41. The number of carbonyl (C=O) groups excluding carboxylic acids is 2. The molecule has 1 heterocycles. The smallest absolute Gasteiger partial charge is 0.315 e. The summed E-state index contributed by atoms with van der Waals surface area (Å²) in [5.41, 5.74) is 3.20. The summed E-state index contributed by atoms with van der Waals surface area (Å²) >= 11 is 3.50. The molecule has 5 heteroatoms. The highest BCUT2D eigenvalue weighted by atomic mass is 79.9. The van der Waals surface area contributed by atoms with Gasteiger partial charge in [-0.2, -0.15) is 0 Å². The van der Waals surface area contributed by atoms with Crippen molar-refractivity contribution in [2.45, 2.75) is 52.1 Å². The number of carbonyl (C=O) groups is 2. The number of hydrogen-bond acceptors (Lipinski definition) is 4. The van der Waals surface area contributed by atoms with Crippen LogP contribution in [0.25, 0.3) is 0 Å². The topological polar surface area (TPSA) is 55.7 Å². The van der Waals surface area contributed by atoms with Crippen molar-refractivity contribution in [3.05, 3.63) is 45.6 Å². The fraction of sp³-hybridized carbons (Fsp3) is 0.450. The molecule has 0 N–H and O–H groups in total. The van der Waals surface area contributed by atoms with Gasteiger partial charge in [0.25, 0.3) is 0 Å². The van der Waals surface area contributed by atoms with Crippen LogP contribution in [0, 0.1) is 5.92 Å². The van der Waals surface area contributed by atoms with Crippen LogP contribution in [0.15, 0.2) is 45.0 Å². The standard InChI is InChI=1S/C20H22BrNO3/c1-11(2)25-20(24)17-12(3)22-15-8-5-9-16(23)19(15)18(17)13-6-4-7-14(21)10-13/h4,6-7,10-11,17-18H,5,8-9H2,1-3H3/t17?,18-/m1/s1. The van der Waals surface area contributed by atoms with E-state index in [1.807, 2.05) is 45.0 Å². The SMILES string of the molecule is CC1=NC2=C(C(=O)CCC2)[C@H](c2cccc(Br)c2)C1C(=O)OC(C)C. The molecule has 0 aromatic heterocycles. The molecule has 1 aromatic rings. The first-order chi connectivity index (χ1) is 11.9. The number of hydrogen-bond donors (Lipinski definition) is 0. The molecule has 1 aliphatic carbocycles. The van der Waals surface area contributed by atoms with Gasteiger partial charge < -0.3 is 4.74 Å². The molecule has 0 amide bonds. The van der Waals surface area contributed by atoms with E-state index in [0.717, 1.165) is 34.3 Å². The lowest BCUT2D eigenvalue weighted by atomic mass is 9.72.